The molecule has 1 saturated carbocycles. The van der Waals surface area contributed by atoms with Gasteiger partial charge in [-0.1, -0.05) is 25.4 Å². The van der Waals surface area contributed by atoms with Crippen molar-refractivity contribution >= 4 is 11.6 Å². The van der Waals surface area contributed by atoms with Crippen molar-refractivity contribution in [2.24, 2.45) is 5.41 Å². The van der Waals surface area contributed by atoms with E-state index in [9.17, 15) is 5.11 Å². The molecule has 0 radical (unpaired) electrons. The first-order valence-corrected chi connectivity index (χ1v) is 7.58. The van der Waals surface area contributed by atoms with Crippen molar-refractivity contribution in [2.45, 2.75) is 52.1 Å². The van der Waals surface area contributed by atoms with Gasteiger partial charge < -0.3 is 15.2 Å². The SMILES string of the molecule is COc1cc(Cl)cc(CNC2CCC(C)(C)CC2)c1O. The molecule has 1 aromatic carbocycles. The third kappa shape index (κ3) is 3.80. The zero-order chi connectivity index (χ0) is 14.8. The quantitative estimate of drug-likeness (QED) is 0.878. The molecule has 1 fully saturated rings. The highest BCUT2D eigenvalue weighted by molar-refractivity contribution is 6.30. The highest BCUT2D eigenvalue weighted by atomic mass is 35.5. The zero-order valence-electron chi connectivity index (χ0n) is 12.5. The van der Waals surface area contributed by atoms with E-state index in [1.54, 1.807) is 12.1 Å². The van der Waals surface area contributed by atoms with Crippen LogP contribution in [0.2, 0.25) is 5.02 Å². The van der Waals surface area contributed by atoms with Crippen LogP contribution in [0.15, 0.2) is 12.1 Å². The Hall–Kier alpha value is -0.930. The molecule has 0 saturated heterocycles. The molecule has 0 spiro atoms. The fourth-order valence-electron chi connectivity index (χ4n) is 2.78. The van der Waals surface area contributed by atoms with Crippen LogP contribution < -0.4 is 10.1 Å². The molecule has 1 aliphatic carbocycles. The van der Waals surface area contributed by atoms with Crippen molar-refractivity contribution in [3.05, 3.63) is 22.7 Å². The number of phenolic OH excluding ortho intramolecular Hbond substituents is 1. The van der Waals surface area contributed by atoms with E-state index in [0.29, 0.717) is 28.8 Å². The van der Waals surface area contributed by atoms with Gasteiger partial charge in [0.15, 0.2) is 11.5 Å². The standard InChI is InChI=1S/C16H24ClNO2/c1-16(2)6-4-13(5-7-16)18-10-11-8-12(17)9-14(20-3)15(11)19/h8-9,13,18-19H,4-7,10H2,1-3H3. The second kappa shape index (κ2) is 6.23. The molecular weight excluding hydrogens is 274 g/mol. The number of aromatic hydroxyl groups is 1. The monoisotopic (exact) mass is 297 g/mol. The first-order chi connectivity index (χ1) is 9.41. The summed E-state index contributed by atoms with van der Waals surface area (Å²) in [5.41, 5.74) is 1.26. The molecular formula is C16H24ClNO2. The van der Waals surface area contributed by atoms with Gasteiger partial charge in [-0.05, 0) is 37.2 Å². The number of nitrogens with one attached hydrogen (secondary N) is 1. The van der Waals surface area contributed by atoms with Crippen LogP contribution in [-0.2, 0) is 6.54 Å². The number of benzene rings is 1. The first kappa shape index (κ1) is 15.5. The van der Waals surface area contributed by atoms with Crippen LogP contribution in [-0.4, -0.2) is 18.3 Å². The summed E-state index contributed by atoms with van der Waals surface area (Å²) < 4.78 is 5.12. The minimum atomic E-state index is 0.181. The van der Waals surface area contributed by atoms with Crippen LogP contribution >= 0.6 is 11.6 Å². The maximum atomic E-state index is 10.1. The van der Waals surface area contributed by atoms with Crippen LogP contribution in [0.5, 0.6) is 11.5 Å². The molecule has 0 bridgehead atoms. The normalized spacial score (nSPS) is 19.0. The molecule has 0 atom stereocenters. The van der Waals surface area contributed by atoms with E-state index in [4.69, 9.17) is 16.3 Å². The summed E-state index contributed by atoms with van der Waals surface area (Å²) in [7, 11) is 1.53. The van der Waals surface area contributed by atoms with Crippen molar-refractivity contribution in [1.29, 1.82) is 0 Å². The minimum Gasteiger partial charge on any atom is -0.504 e. The minimum absolute atomic E-state index is 0.181. The van der Waals surface area contributed by atoms with Crippen LogP contribution in [0.1, 0.15) is 45.1 Å². The number of methoxy groups -OCH3 is 1. The fraction of sp³-hybridized carbons (Fsp3) is 0.625. The smallest absolute Gasteiger partial charge is 0.162 e. The van der Waals surface area contributed by atoms with Gasteiger partial charge >= 0.3 is 0 Å². The predicted octanol–water partition coefficient (Wildman–Crippen LogP) is 4.11. The highest BCUT2D eigenvalue weighted by Gasteiger charge is 2.26. The van der Waals surface area contributed by atoms with Gasteiger partial charge in [0.25, 0.3) is 0 Å². The Balaban J connectivity index is 1.96. The molecule has 0 amide bonds. The first-order valence-electron chi connectivity index (χ1n) is 7.20. The number of phenols is 1. The van der Waals surface area contributed by atoms with Crippen molar-refractivity contribution in [3.8, 4) is 11.5 Å². The van der Waals surface area contributed by atoms with E-state index in [2.05, 4.69) is 19.2 Å². The van der Waals surface area contributed by atoms with E-state index in [-0.39, 0.29) is 5.75 Å². The Bertz CT molecular complexity index is 464. The molecule has 0 unspecified atom stereocenters. The third-order valence-electron chi connectivity index (χ3n) is 4.26. The number of halogens is 1. The Morgan fingerprint density at radius 2 is 2.00 bits per heavy atom. The van der Waals surface area contributed by atoms with Gasteiger partial charge in [0.1, 0.15) is 0 Å². The largest absolute Gasteiger partial charge is 0.504 e. The molecule has 20 heavy (non-hydrogen) atoms. The lowest BCUT2D eigenvalue weighted by molar-refractivity contribution is 0.205. The Morgan fingerprint density at radius 3 is 2.60 bits per heavy atom. The Kier molecular flexibility index (Phi) is 4.82. The van der Waals surface area contributed by atoms with E-state index in [0.717, 1.165) is 5.56 Å². The average molecular weight is 298 g/mol. The van der Waals surface area contributed by atoms with Gasteiger partial charge in [-0.15, -0.1) is 0 Å². The van der Waals surface area contributed by atoms with Crippen molar-refractivity contribution < 1.29 is 9.84 Å². The van der Waals surface area contributed by atoms with Gasteiger partial charge in [-0.3, -0.25) is 0 Å². The Morgan fingerprint density at radius 1 is 1.35 bits per heavy atom. The lowest BCUT2D eigenvalue weighted by atomic mass is 9.75. The summed E-state index contributed by atoms with van der Waals surface area (Å²) in [6.07, 6.45) is 4.86. The number of rotatable bonds is 4. The second-order valence-electron chi connectivity index (χ2n) is 6.44. The highest BCUT2D eigenvalue weighted by Crippen LogP contribution is 2.36. The molecule has 112 valence electrons. The maximum absolute atomic E-state index is 10.1. The topological polar surface area (TPSA) is 41.5 Å². The maximum Gasteiger partial charge on any atom is 0.162 e. The van der Waals surface area contributed by atoms with E-state index < -0.39 is 0 Å². The molecule has 0 aromatic heterocycles. The van der Waals surface area contributed by atoms with Gasteiger partial charge in [0.2, 0.25) is 0 Å². The summed E-state index contributed by atoms with van der Waals surface area (Å²) in [4.78, 5) is 0. The lowest BCUT2D eigenvalue weighted by Gasteiger charge is -2.34. The summed E-state index contributed by atoms with van der Waals surface area (Å²) in [5, 5.41) is 14.2. The molecule has 2 N–H and O–H groups in total. The molecule has 0 heterocycles. The molecule has 0 aliphatic heterocycles. The number of hydrogen-bond donors (Lipinski definition) is 2. The predicted molar refractivity (Wildman–Crippen MR) is 82.5 cm³/mol. The van der Waals surface area contributed by atoms with Gasteiger partial charge in [-0.2, -0.15) is 0 Å². The molecule has 1 aromatic rings. The van der Waals surface area contributed by atoms with E-state index in [1.807, 2.05) is 0 Å². The molecule has 4 heteroatoms. The molecule has 1 aliphatic rings. The van der Waals surface area contributed by atoms with Gasteiger partial charge in [-0.25, -0.2) is 0 Å². The van der Waals surface area contributed by atoms with Crippen LogP contribution in [0.25, 0.3) is 0 Å². The summed E-state index contributed by atoms with van der Waals surface area (Å²) >= 11 is 6.04. The molecule has 2 rings (SSSR count). The molecule has 3 nitrogen and oxygen atoms in total. The van der Waals surface area contributed by atoms with Crippen molar-refractivity contribution in [3.63, 3.8) is 0 Å². The van der Waals surface area contributed by atoms with Crippen LogP contribution in [0, 0.1) is 5.41 Å². The third-order valence-corrected chi connectivity index (χ3v) is 4.48. The Labute approximate surface area is 126 Å². The van der Waals surface area contributed by atoms with Gasteiger partial charge in [0, 0.05) is 29.2 Å². The van der Waals surface area contributed by atoms with Crippen molar-refractivity contribution in [2.75, 3.05) is 7.11 Å². The van der Waals surface area contributed by atoms with Crippen LogP contribution in [0.4, 0.5) is 0 Å². The summed E-state index contributed by atoms with van der Waals surface area (Å²) in [5.74, 6) is 0.611. The summed E-state index contributed by atoms with van der Waals surface area (Å²) in [6.45, 7) is 5.28. The van der Waals surface area contributed by atoms with E-state index >= 15 is 0 Å². The lowest BCUT2D eigenvalue weighted by Crippen LogP contribution is -2.35. The van der Waals surface area contributed by atoms with Crippen molar-refractivity contribution in [1.82, 2.24) is 5.32 Å². The number of hydrogen-bond acceptors (Lipinski definition) is 3. The second-order valence-corrected chi connectivity index (χ2v) is 6.87. The zero-order valence-corrected chi connectivity index (χ0v) is 13.3. The summed E-state index contributed by atoms with van der Waals surface area (Å²) in [6, 6.07) is 3.94. The van der Waals surface area contributed by atoms with E-state index in [1.165, 1.54) is 32.8 Å². The fourth-order valence-corrected chi connectivity index (χ4v) is 3.01. The number of ether oxygens (including phenoxy) is 1. The average Bonchev–Trinajstić information content (AvgIpc) is 2.40. The van der Waals surface area contributed by atoms with Crippen LogP contribution in [0.3, 0.4) is 0 Å². The van der Waals surface area contributed by atoms with Gasteiger partial charge in [0.05, 0.1) is 7.11 Å².